The molecule has 10 heteroatoms. The maximum absolute atomic E-state index is 13.1. The topological polar surface area (TPSA) is 114 Å². The van der Waals surface area contributed by atoms with Gasteiger partial charge in [0.2, 0.25) is 4.93 Å². The molecule has 0 radical (unpaired) electrons. The average molecular weight is 481 g/mol. The van der Waals surface area contributed by atoms with Gasteiger partial charge in [0.1, 0.15) is 18.3 Å². The number of carbonyl (C=O) groups excluding carboxylic acids is 4. The molecule has 0 spiro atoms. The lowest BCUT2D eigenvalue weighted by atomic mass is 9.83. The van der Waals surface area contributed by atoms with Crippen LogP contribution in [0.5, 0.6) is 0 Å². The quantitative estimate of drug-likeness (QED) is 0.406. The number of hydrogen-bond donors (Lipinski definition) is 0. The molecule has 0 bridgehead atoms. The molecule has 33 heavy (non-hydrogen) atoms. The summed E-state index contributed by atoms with van der Waals surface area (Å²) < 4.78 is 28.0. The van der Waals surface area contributed by atoms with Crippen LogP contribution < -0.4 is 0 Å². The van der Waals surface area contributed by atoms with Crippen molar-refractivity contribution in [2.45, 2.75) is 74.3 Å². The molecule has 9 nitrogen and oxygen atoms in total. The number of thioether (sulfide) groups is 1. The van der Waals surface area contributed by atoms with E-state index in [1.54, 1.807) is 6.92 Å². The maximum Gasteiger partial charge on any atom is 0.349 e. The van der Waals surface area contributed by atoms with Gasteiger partial charge in [0, 0.05) is 31.1 Å². The van der Waals surface area contributed by atoms with Crippen LogP contribution in [0.2, 0.25) is 0 Å². The molecule has 3 rings (SSSR count). The van der Waals surface area contributed by atoms with Crippen molar-refractivity contribution >= 4 is 35.6 Å². The van der Waals surface area contributed by atoms with Crippen molar-refractivity contribution in [3.63, 3.8) is 0 Å². The van der Waals surface area contributed by atoms with Crippen LogP contribution in [0.1, 0.15) is 40.0 Å². The van der Waals surface area contributed by atoms with Crippen LogP contribution in [0.15, 0.2) is 35.2 Å². The summed E-state index contributed by atoms with van der Waals surface area (Å²) in [5.74, 6) is -2.76. The summed E-state index contributed by atoms with van der Waals surface area (Å²) in [5.41, 5.74) is 0. The highest BCUT2D eigenvalue weighted by molar-refractivity contribution is 8.01. The Balaban J connectivity index is 2.05. The van der Waals surface area contributed by atoms with Crippen molar-refractivity contribution in [1.82, 2.24) is 0 Å². The van der Waals surface area contributed by atoms with Crippen molar-refractivity contribution in [2.24, 2.45) is 5.92 Å². The van der Waals surface area contributed by atoms with E-state index in [1.165, 1.54) is 21.0 Å². The van der Waals surface area contributed by atoms with Crippen LogP contribution in [0.4, 0.5) is 0 Å². The molecule has 2 aliphatic rings. The standard InChI is InChI=1S/C23H28O9S/c1-5-17(29-13(2)24)21(30-14(3)25)20-16-11-19(26)31-18(16)12-23(32-20,22(27)28-4)33-15-9-7-6-8-10-15/h6-10,16-18,20-21H,5,11-12H2,1-4H3/t16-,17-,18-,20?,21-,23+/m1/s1. The summed E-state index contributed by atoms with van der Waals surface area (Å²) in [6.45, 7) is 4.26. The third-order valence-electron chi connectivity index (χ3n) is 5.62. The Labute approximate surface area is 196 Å². The molecule has 0 saturated carbocycles. The Morgan fingerprint density at radius 2 is 1.82 bits per heavy atom. The van der Waals surface area contributed by atoms with Crippen molar-refractivity contribution in [3.8, 4) is 0 Å². The number of carbonyl (C=O) groups is 4. The van der Waals surface area contributed by atoms with E-state index in [1.807, 2.05) is 30.3 Å². The molecule has 0 N–H and O–H groups in total. The number of ether oxygens (including phenoxy) is 5. The smallest absolute Gasteiger partial charge is 0.349 e. The second kappa shape index (κ2) is 10.6. The minimum Gasteiger partial charge on any atom is -0.466 e. The Bertz CT molecular complexity index is 889. The molecular formula is C23H28O9S. The Kier molecular flexibility index (Phi) is 8.01. The summed E-state index contributed by atoms with van der Waals surface area (Å²) in [6, 6.07) is 9.12. The van der Waals surface area contributed by atoms with E-state index in [4.69, 9.17) is 23.7 Å². The normalized spacial score (nSPS) is 28.1. The molecule has 180 valence electrons. The molecule has 1 aromatic rings. The first-order valence-electron chi connectivity index (χ1n) is 10.7. The molecule has 0 aliphatic carbocycles. The van der Waals surface area contributed by atoms with Gasteiger partial charge >= 0.3 is 23.9 Å². The molecule has 6 atom stereocenters. The molecule has 2 aliphatic heterocycles. The summed E-state index contributed by atoms with van der Waals surface area (Å²) in [5, 5.41) is 0. The number of benzene rings is 1. The zero-order chi connectivity index (χ0) is 24.2. The van der Waals surface area contributed by atoms with Gasteiger partial charge in [-0.15, -0.1) is 0 Å². The number of hydrogen-bond acceptors (Lipinski definition) is 10. The monoisotopic (exact) mass is 480 g/mol. The fraction of sp³-hybridized carbons (Fsp3) is 0.565. The van der Waals surface area contributed by atoms with Crippen LogP contribution in [-0.2, 0) is 42.9 Å². The van der Waals surface area contributed by atoms with Crippen molar-refractivity contribution < 1.29 is 42.9 Å². The van der Waals surface area contributed by atoms with Crippen LogP contribution in [0.3, 0.4) is 0 Å². The van der Waals surface area contributed by atoms with Gasteiger partial charge in [0.15, 0.2) is 6.10 Å². The number of methoxy groups -OCH3 is 1. The van der Waals surface area contributed by atoms with Gasteiger partial charge in [-0.1, -0.05) is 36.9 Å². The Morgan fingerprint density at radius 3 is 2.39 bits per heavy atom. The molecule has 2 saturated heterocycles. The average Bonchev–Trinajstić information content (AvgIpc) is 3.15. The van der Waals surface area contributed by atoms with Crippen molar-refractivity contribution in [3.05, 3.63) is 30.3 Å². The van der Waals surface area contributed by atoms with Crippen LogP contribution in [0.25, 0.3) is 0 Å². The third kappa shape index (κ3) is 5.67. The second-order valence-electron chi connectivity index (χ2n) is 7.97. The molecule has 1 unspecified atom stereocenters. The number of esters is 4. The maximum atomic E-state index is 13.1. The van der Waals surface area contributed by atoms with E-state index < -0.39 is 59.1 Å². The van der Waals surface area contributed by atoms with Crippen molar-refractivity contribution in [1.29, 1.82) is 0 Å². The third-order valence-corrected chi connectivity index (χ3v) is 6.88. The van der Waals surface area contributed by atoms with Gasteiger partial charge in [0.05, 0.1) is 13.5 Å². The Hall–Kier alpha value is -2.59. The zero-order valence-corrected chi connectivity index (χ0v) is 19.8. The fourth-order valence-corrected chi connectivity index (χ4v) is 5.54. The largest absolute Gasteiger partial charge is 0.466 e. The minimum absolute atomic E-state index is 0.0247. The lowest BCUT2D eigenvalue weighted by Gasteiger charge is -2.46. The number of rotatable bonds is 8. The zero-order valence-electron chi connectivity index (χ0n) is 19.0. The predicted molar refractivity (Wildman–Crippen MR) is 116 cm³/mol. The van der Waals surface area contributed by atoms with Gasteiger partial charge in [-0.05, 0) is 18.6 Å². The highest BCUT2D eigenvalue weighted by Crippen LogP contribution is 2.50. The first-order chi connectivity index (χ1) is 15.7. The minimum atomic E-state index is -1.57. The number of fused-ring (bicyclic) bond motifs is 1. The van der Waals surface area contributed by atoms with Crippen LogP contribution in [0, 0.1) is 5.92 Å². The van der Waals surface area contributed by atoms with E-state index in [9.17, 15) is 19.2 Å². The molecule has 0 amide bonds. The summed E-state index contributed by atoms with van der Waals surface area (Å²) >= 11 is 1.13. The SMILES string of the molecule is CC[C@@H](OC(C)=O)[C@@H](OC(C)=O)C1O[C@@](Sc2ccccc2)(C(=O)OC)C[C@H]2OC(=O)C[C@@H]12. The van der Waals surface area contributed by atoms with E-state index in [2.05, 4.69) is 0 Å². The predicted octanol–water partition coefficient (Wildman–Crippen LogP) is 2.64. The molecular weight excluding hydrogens is 452 g/mol. The van der Waals surface area contributed by atoms with E-state index in [-0.39, 0.29) is 12.8 Å². The van der Waals surface area contributed by atoms with E-state index in [0.717, 1.165) is 16.7 Å². The highest BCUT2D eigenvalue weighted by atomic mass is 32.2. The summed E-state index contributed by atoms with van der Waals surface area (Å²) in [4.78, 5) is 48.2. The van der Waals surface area contributed by atoms with E-state index >= 15 is 0 Å². The molecule has 2 fully saturated rings. The molecule has 1 aromatic carbocycles. The first kappa shape index (κ1) is 25.0. The van der Waals surface area contributed by atoms with Gasteiger partial charge < -0.3 is 23.7 Å². The van der Waals surface area contributed by atoms with Gasteiger partial charge in [-0.2, -0.15) is 0 Å². The van der Waals surface area contributed by atoms with Gasteiger partial charge in [-0.25, -0.2) is 4.79 Å². The second-order valence-corrected chi connectivity index (χ2v) is 9.31. The summed E-state index contributed by atoms with van der Waals surface area (Å²) in [7, 11) is 1.25. The van der Waals surface area contributed by atoms with E-state index in [0.29, 0.717) is 6.42 Å². The summed E-state index contributed by atoms with van der Waals surface area (Å²) in [6.07, 6.45) is -3.12. The van der Waals surface area contributed by atoms with Crippen LogP contribution >= 0.6 is 11.8 Å². The van der Waals surface area contributed by atoms with Gasteiger partial charge in [-0.3, -0.25) is 14.4 Å². The lowest BCUT2D eigenvalue weighted by molar-refractivity contribution is -0.219. The lowest BCUT2D eigenvalue weighted by Crippen LogP contribution is -2.59. The fourth-order valence-electron chi connectivity index (χ4n) is 4.30. The molecule has 2 heterocycles. The Morgan fingerprint density at radius 1 is 1.15 bits per heavy atom. The molecule has 0 aromatic heterocycles. The van der Waals surface area contributed by atoms with Crippen molar-refractivity contribution in [2.75, 3.05) is 7.11 Å². The van der Waals surface area contributed by atoms with Crippen LogP contribution in [-0.4, -0.2) is 60.3 Å². The van der Waals surface area contributed by atoms with Gasteiger partial charge in [0.25, 0.3) is 0 Å². The first-order valence-corrected chi connectivity index (χ1v) is 11.5. The highest BCUT2D eigenvalue weighted by Gasteiger charge is 2.60.